The van der Waals surface area contributed by atoms with Crippen LogP contribution in [0.25, 0.3) is 0 Å². The van der Waals surface area contributed by atoms with Gasteiger partial charge in [-0.2, -0.15) is 0 Å². The molecule has 1 saturated heterocycles. The highest BCUT2D eigenvalue weighted by atomic mass is 127. The highest BCUT2D eigenvalue weighted by Gasteiger charge is 2.11. The minimum absolute atomic E-state index is 0.0739. The fourth-order valence-corrected chi connectivity index (χ4v) is 2.31. The lowest BCUT2D eigenvalue weighted by atomic mass is 10.4. The van der Waals surface area contributed by atoms with Gasteiger partial charge in [0.2, 0.25) is 0 Å². The maximum Gasteiger partial charge on any atom is 0.266 e. The molecule has 1 aliphatic rings. The molecule has 0 spiro atoms. The molecule has 1 fully saturated rings. The quantitative estimate of drug-likeness (QED) is 0.779. The van der Waals surface area contributed by atoms with E-state index in [-0.39, 0.29) is 5.56 Å². The van der Waals surface area contributed by atoms with Gasteiger partial charge >= 0.3 is 0 Å². The molecule has 0 radical (unpaired) electrons. The van der Waals surface area contributed by atoms with Crippen molar-refractivity contribution >= 4 is 22.6 Å². The van der Waals surface area contributed by atoms with Gasteiger partial charge in [-0.05, 0) is 48.5 Å². The summed E-state index contributed by atoms with van der Waals surface area (Å²) in [5, 5.41) is 0. The third kappa shape index (κ3) is 2.78. The number of likely N-dealkylation sites (tertiary alicyclic amines) is 1. The average molecular weight is 319 g/mol. The highest BCUT2D eigenvalue weighted by Crippen LogP contribution is 2.06. The molecule has 15 heavy (non-hydrogen) atoms. The second kappa shape index (κ2) is 5.07. The Balaban J connectivity index is 1.98. The standard InChI is InChI=1S/C10H14IN3O/c11-9-7-12-8-14(10(9)15)6-5-13-3-1-2-4-13/h7-8H,1-6H2. The molecule has 0 unspecified atom stereocenters. The Morgan fingerprint density at radius 1 is 1.33 bits per heavy atom. The van der Waals surface area contributed by atoms with Gasteiger partial charge < -0.3 is 4.90 Å². The van der Waals surface area contributed by atoms with Gasteiger partial charge in [-0.15, -0.1) is 0 Å². The maximum atomic E-state index is 11.7. The largest absolute Gasteiger partial charge is 0.302 e. The fourth-order valence-electron chi connectivity index (χ4n) is 1.84. The zero-order valence-electron chi connectivity index (χ0n) is 8.53. The van der Waals surface area contributed by atoms with Crippen LogP contribution in [0.2, 0.25) is 0 Å². The summed E-state index contributed by atoms with van der Waals surface area (Å²) in [6.45, 7) is 4.06. The Morgan fingerprint density at radius 3 is 2.80 bits per heavy atom. The van der Waals surface area contributed by atoms with Crippen LogP contribution < -0.4 is 5.56 Å². The van der Waals surface area contributed by atoms with E-state index in [0.29, 0.717) is 3.57 Å². The smallest absolute Gasteiger partial charge is 0.266 e. The normalized spacial score (nSPS) is 17.1. The molecular weight excluding hydrogens is 305 g/mol. The number of hydrogen-bond acceptors (Lipinski definition) is 3. The van der Waals surface area contributed by atoms with Crippen molar-refractivity contribution in [3.8, 4) is 0 Å². The molecule has 0 aliphatic carbocycles. The first-order chi connectivity index (χ1) is 7.27. The summed E-state index contributed by atoms with van der Waals surface area (Å²) < 4.78 is 2.39. The topological polar surface area (TPSA) is 38.1 Å². The van der Waals surface area contributed by atoms with Crippen LogP contribution in [-0.2, 0) is 6.54 Å². The van der Waals surface area contributed by atoms with Crippen molar-refractivity contribution in [2.75, 3.05) is 19.6 Å². The molecule has 82 valence electrons. The van der Waals surface area contributed by atoms with Crippen LogP contribution in [0.15, 0.2) is 17.3 Å². The lowest BCUT2D eigenvalue weighted by Crippen LogP contribution is -2.30. The molecule has 0 bridgehead atoms. The second-order valence-electron chi connectivity index (χ2n) is 3.79. The van der Waals surface area contributed by atoms with Crippen LogP contribution in [-0.4, -0.2) is 34.1 Å². The van der Waals surface area contributed by atoms with E-state index < -0.39 is 0 Å². The van der Waals surface area contributed by atoms with E-state index in [1.165, 1.54) is 25.9 Å². The lowest BCUT2D eigenvalue weighted by molar-refractivity contribution is 0.319. The Labute approximate surface area is 102 Å². The van der Waals surface area contributed by atoms with Gasteiger partial charge in [0.05, 0.1) is 9.90 Å². The predicted octanol–water partition coefficient (Wildman–Crippen LogP) is 0.944. The summed E-state index contributed by atoms with van der Waals surface area (Å²) in [7, 11) is 0. The predicted molar refractivity (Wildman–Crippen MR) is 66.9 cm³/mol. The molecule has 0 N–H and O–H groups in total. The Hall–Kier alpha value is -0.430. The van der Waals surface area contributed by atoms with Gasteiger partial charge in [0.25, 0.3) is 5.56 Å². The summed E-state index contributed by atoms with van der Waals surface area (Å²) in [5.74, 6) is 0. The molecule has 2 rings (SSSR count). The number of hydrogen-bond donors (Lipinski definition) is 0. The number of rotatable bonds is 3. The monoisotopic (exact) mass is 319 g/mol. The number of aromatic nitrogens is 2. The zero-order chi connectivity index (χ0) is 10.7. The first-order valence-corrected chi connectivity index (χ1v) is 6.27. The molecule has 1 aliphatic heterocycles. The van der Waals surface area contributed by atoms with Gasteiger partial charge in [0.15, 0.2) is 0 Å². The van der Waals surface area contributed by atoms with Gasteiger partial charge in [-0.3, -0.25) is 9.36 Å². The molecule has 0 aromatic carbocycles. The van der Waals surface area contributed by atoms with E-state index in [9.17, 15) is 4.79 Å². The van der Waals surface area contributed by atoms with Crippen LogP contribution in [0.3, 0.4) is 0 Å². The van der Waals surface area contributed by atoms with E-state index >= 15 is 0 Å². The van der Waals surface area contributed by atoms with Gasteiger partial charge in [-0.1, -0.05) is 0 Å². The van der Waals surface area contributed by atoms with E-state index in [4.69, 9.17) is 0 Å². The van der Waals surface area contributed by atoms with E-state index in [0.717, 1.165) is 13.1 Å². The molecule has 4 nitrogen and oxygen atoms in total. The van der Waals surface area contributed by atoms with Crippen LogP contribution >= 0.6 is 22.6 Å². The molecular formula is C10H14IN3O. The number of halogens is 1. The summed E-state index contributed by atoms with van der Waals surface area (Å²) in [6.07, 6.45) is 5.81. The average Bonchev–Trinajstić information content (AvgIpc) is 2.73. The molecule has 1 aromatic rings. The number of nitrogens with zero attached hydrogens (tertiary/aromatic N) is 3. The van der Waals surface area contributed by atoms with Crippen molar-refractivity contribution in [2.24, 2.45) is 0 Å². The first kappa shape index (κ1) is 11.1. The third-order valence-corrected chi connectivity index (χ3v) is 3.45. The van der Waals surface area contributed by atoms with Crippen molar-refractivity contribution in [1.29, 1.82) is 0 Å². The molecule has 0 amide bonds. The zero-order valence-corrected chi connectivity index (χ0v) is 10.7. The SMILES string of the molecule is O=c1c(I)cncn1CCN1CCCC1. The second-order valence-corrected chi connectivity index (χ2v) is 4.95. The van der Waals surface area contributed by atoms with E-state index in [1.807, 2.05) is 22.6 Å². The summed E-state index contributed by atoms with van der Waals surface area (Å²) in [5.41, 5.74) is 0.0739. The maximum absolute atomic E-state index is 11.7. The van der Waals surface area contributed by atoms with Gasteiger partial charge in [0.1, 0.15) is 0 Å². The van der Waals surface area contributed by atoms with Crippen molar-refractivity contribution in [3.63, 3.8) is 0 Å². The molecule has 1 aromatic heterocycles. The fraction of sp³-hybridized carbons (Fsp3) is 0.600. The van der Waals surface area contributed by atoms with Crippen LogP contribution in [0, 0.1) is 3.57 Å². The van der Waals surface area contributed by atoms with E-state index in [2.05, 4.69) is 9.88 Å². The van der Waals surface area contributed by atoms with Crippen LogP contribution in [0.4, 0.5) is 0 Å². The van der Waals surface area contributed by atoms with Gasteiger partial charge in [-0.25, -0.2) is 4.98 Å². The van der Waals surface area contributed by atoms with Crippen molar-refractivity contribution < 1.29 is 0 Å². The minimum atomic E-state index is 0.0739. The van der Waals surface area contributed by atoms with Crippen molar-refractivity contribution in [1.82, 2.24) is 14.5 Å². The van der Waals surface area contributed by atoms with E-state index in [1.54, 1.807) is 17.1 Å². The van der Waals surface area contributed by atoms with Crippen molar-refractivity contribution in [2.45, 2.75) is 19.4 Å². The van der Waals surface area contributed by atoms with Crippen molar-refractivity contribution in [3.05, 3.63) is 26.4 Å². The van der Waals surface area contributed by atoms with Crippen LogP contribution in [0.1, 0.15) is 12.8 Å². The Morgan fingerprint density at radius 2 is 2.07 bits per heavy atom. The molecule has 0 saturated carbocycles. The summed E-state index contributed by atoms with van der Waals surface area (Å²) in [4.78, 5) is 18.1. The minimum Gasteiger partial charge on any atom is -0.302 e. The highest BCUT2D eigenvalue weighted by molar-refractivity contribution is 14.1. The first-order valence-electron chi connectivity index (χ1n) is 5.19. The molecule has 2 heterocycles. The Kier molecular flexibility index (Phi) is 3.74. The van der Waals surface area contributed by atoms with Crippen LogP contribution in [0.5, 0.6) is 0 Å². The third-order valence-electron chi connectivity index (χ3n) is 2.71. The molecule has 0 atom stereocenters. The summed E-state index contributed by atoms with van der Waals surface area (Å²) in [6, 6.07) is 0. The summed E-state index contributed by atoms with van der Waals surface area (Å²) >= 11 is 2.03. The van der Waals surface area contributed by atoms with Gasteiger partial charge in [0, 0.05) is 19.3 Å². The molecule has 5 heteroatoms. The Bertz CT molecular complexity index is 384. The lowest BCUT2D eigenvalue weighted by Gasteiger charge is -2.14.